The summed E-state index contributed by atoms with van der Waals surface area (Å²) >= 11 is 0. The molecule has 1 heterocycles. The van der Waals surface area contributed by atoms with E-state index in [1.54, 1.807) is 12.4 Å². The molecule has 0 radical (unpaired) electrons. The topological polar surface area (TPSA) is 80.9 Å². The fourth-order valence-corrected chi connectivity index (χ4v) is 1.48. The van der Waals surface area contributed by atoms with Crippen LogP contribution in [0.25, 0.3) is 0 Å². The average Bonchev–Trinajstić information content (AvgIpc) is 3.01. The summed E-state index contributed by atoms with van der Waals surface area (Å²) in [4.78, 5) is 19.1. The minimum absolute atomic E-state index is 0.00497. The number of hydrogen-bond acceptors (Lipinski definition) is 4. The van der Waals surface area contributed by atoms with Crippen LogP contribution in [0.4, 0.5) is 5.69 Å². The highest BCUT2D eigenvalue weighted by Gasteiger charge is 2.29. The van der Waals surface area contributed by atoms with Crippen molar-refractivity contribution in [1.29, 1.82) is 0 Å². The van der Waals surface area contributed by atoms with Gasteiger partial charge in [0.15, 0.2) is 0 Å². The smallest absolute Gasteiger partial charge is 0.226 e. The van der Waals surface area contributed by atoms with Crippen LogP contribution in [0, 0.1) is 5.92 Å². The van der Waals surface area contributed by atoms with Crippen molar-refractivity contribution in [3.8, 4) is 0 Å². The monoisotopic (exact) mass is 206 g/mol. The van der Waals surface area contributed by atoms with Crippen LogP contribution in [-0.2, 0) is 4.79 Å². The predicted molar refractivity (Wildman–Crippen MR) is 56.0 cm³/mol. The molecular formula is C10H14N4O. The molecule has 3 N–H and O–H groups in total. The summed E-state index contributed by atoms with van der Waals surface area (Å²) < 4.78 is 0. The molecule has 15 heavy (non-hydrogen) atoms. The minimum Gasteiger partial charge on any atom is -0.327 e. The first-order chi connectivity index (χ1) is 7.25. The van der Waals surface area contributed by atoms with Crippen molar-refractivity contribution in [2.75, 3.05) is 5.32 Å². The molecule has 0 saturated heterocycles. The molecule has 0 spiro atoms. The molecule has 1 amide bonds. The number of nitrogens with two attached hydrogens (primary N) is 1. The highest BCUT2D eigenvalue weighted by molar-refractivity contribution is 5.90. The summed E-state index contributed by atoms with van der Waals surface area (Å²) in [5.74, 6) is 0.479. The van der Waals surface area contributed by atoms with E-state index in [4.69, 9.17) is 5.73 Å². The first-order valence-corrected chi connectivity index (χ1v) is 5.06. The molecule has 1 atom stereocenters. The van der Waals surface area contributed by atoms with Crippen LogP contribution >= 0.6 is 0 Å². The molecule has 1 aromatic heterocycles. The number of carbonyl (C=O) groups is 1. The van der Waals surface area contributed by atoms with Crippen LogP contribution in [-0.4, -0.2) is 21.9 Å². The molecule has 0 aliphatic heterocycles. The number of hydrogen-bond donors (Lipinski definition) is 2. The Morgan fingerprint density at radius 3 is 2.80 bits per heavy atom. The van der Waals surface area contributed by atoms with Crippen LogP contribution < -0.4 is 11.1 Å². The molecule has 1 aromatic rings. The van der Waals surface area contributed by atoms with Gasteiger partial charge in [0.05, 0.1) is 18.1 Å². The van der Waals surface area contributed by atoms with Gasteiger partial charge in [0, 0.05) is 12.5 Å². The van der Waals surface area contributed by atoms with Crippen molar-refractivity contribution in [3.05, 3.63) is 18.7 Å². The Hall–Kier alpha value is -1.49. The molecule has 1 unspecified atom stereocenters. The van der Waals surface area contributed by atoms with E-state index >= 15 is 0 Å². The van der Waals surface area contributed by atoms with Crippen molar-refractivity contribution in [1.82, 2.24) is 9.97 Å². The standard InChI is InChI=1S/C10H14N4O/c11-9(7-1-2-7)3-10(15)14-8-4-12-6-13-5-8/h4-7,9H,1-3,11H2,(H,14,15). The number of nitrogens with zero attached hydrogens (tertiary/aromatic N) is 2. The zero-order chi connectivity index (χ0) is 10.7. The fraction of sp³-hybridized carbons (Fsp3) is 0.500. The van der Waals surface area contributed by atoms with E-state index in [9.17, 15) is 4.79 Å². The van der Waals surface area contributed by atoms with Crippen molar-refractivity contribution >= 4 is 11.6 Å². The second-order valence-electron chi connectivity index (χ2n) is 3.88. The molecule has 1 aliphatic carbocycles. The van der Waals surface area contributed by atoms with E-state index in [-0.39, 0.29) is 11.9 Å². The van der Waals surface area contributed by atoms with Crippen LogP contribution in [0.1, 0.15) is 19.3 Å². The van der Waals surface area contributed by atoms with Gasteiger partial charge in [0.2, 0.25) is 5.91 Å². The third-order valence-electron chi connectivity index (χ3n) is 2.49. The van der Waals surface area contributed by atoms with Crippen LogP contribution in [0.5, 0.6) is 0 Å². The summed E-state index contributed by atoms with van der Waals surface area (Å²) in [5, 5.41) is 2.71. The van der Waals surface area contributed by atoms with E-state index < -0.39 is 0 Å². The van der Waals surface area contributed by atoms with Crippen molar-refractivity contribution < 1.29 is 4.79 Å². The summed E-state index contributed by atoms with van der Waals surface area (Å²) in [5.41, 5.74) is 6.46. The van der Waals surface area contributed by atoms with Crippen LogP contribution in [0.2, 0.25) is 0 Å². The zero-order valence-corrected chi connectivity index (χ0v) is 8.39. The molecule has 5 heteroatoms. The van der Waals surface area contributed by atoms with E-state index in [2.05, 4.69) is 15.3 Å². The molecule has 0 aromatic carbocycles. The van der Waals surface area contributed by atoms with E-state index in [1.807, 2.05) is 0 Å². The van der Waals surface area contributed by atoms with Crippen LogP contribution in [0.3, 0.4) is 0 Å². The van der Waals surface area contributed by atoms with Crippen molar-refractivity contribution in [2.24, 2.45) is 11.7 Å². The highest BCUT2D eigenvalue weighted by Crippen LogP contribution is 2.32. The van der Waals surface area contributed by atoms with E-state index in [0.29, 0.717) is 18.0 Å². The number of amides is 1. The number of aromatic nitrogens is 2. The molecule has 1 fully saturated rings. The Balaban J connectivity index is 1.81. The predicted octanol–water partition coefficient (Wildman–Crippen LogP) is 0.542. The first-order valence-electron chi connectivity index (χ1n) is 5.06. The third-order valence-corrected chi connectivity index (χ3v) is 2.49. The maximum atomic E-state index is 11.5. The third kappa shape index (κ3) is 2.99. The Kier molecular flexibility index (Phi) is 2.91. The normalized spacial score (nSPS) is 17.1. The van der Waals surface area contributed by atoms with Gasteiger partial charge in [-0.2, -0.15) is 0 Å². The van der Waals surface area contributed by atoms with Crippen LogP contribution in [0.15, 0.2) is 18.7 Å². The number of anilines is 1. The molecular weight excluding hydrogens is 192 g/mol. The molecule has 5 nitrogen and oxygen atoms in total. The summed E-state index contributed by atoms with van der Waals surface area (Å²) in [6.07, 6.45) is 7.23. The summed E-state index contributed by atoms with van der Waals surface area (Å²) in [6, 6.07) is -0.00497. The van der Waals surface area contributed by atoms with E-state index in [1.165, 1.54) is 6.33 Å². The molecule has 1 saturated carbocycles. The van der Waals surface area contributed by atoms with Gasteiger partial charge in [-0.15, -0.1) is 0 Å². The molecule has 0 bridgehead atoms. The Morgan fingerprint density at radius 1 is 1.53 bits per heavy atom. The average molecular weight is 206 g/mol. The highest BCUT2D eigenvalue weighted by atomic mass is 16.1. The lowest BCUT2D eigenvalue weighted by atomic mass is 10.1. The SMILES string of the molecule is NC(CC(=O)Nc1cncnc1)C1CC1. The van der Waals surface area contributed by atoms with Gasteiger partial charge >= 0.3 is 0 Å². The Labute approximate surface area is 88.1 Å². The van der Waals surface area contributed by atoms with Gasteiger partial charge in [0.1, 0.15) is 6.33 Å². The lowest BCUT2D eigenvalue weighted by molar-refractivity contribution is -0.116. The summed E-state index contributed by atoms with van der Waals surface area (Å²) in [6.45, 7) is 0. The number of carbonyl (C=O) groups excluding carboxylic acids is 1. The second-order valence-corrected chi connectivity index (χ2v) is 3.88. The fourth-order valence-electron chi connectivity index (χ4n) is 1.48. The largest absolute Gasteiger partial charge is 0.327 e. The van der Waals surface area contributed by atoms with Gasteiger partial charge < -0.3 is 11.1 Å². The number of nitrogens with one attached hydrogen (secondary N) is 1. The maximum Gasteiger partial charge on any atom is 0.226 e. The van der Waals surface area contributed by atoms with Gasteiger partial charge in [-0.05, 0) is 18.8 Å². The summed E-state index contributed by atoms with van der Waals surface area (Å²) in [7, 11) is 0. The van der Waals surface area contributed by atoms with Gasteiger partial charge in [-0.1, -0.05) is 0 Å². The Morgan fingerprint density at radius 2 is 2.20 bits per heavy atom. The first kappa shape index (κ1) is 10.0. The maximum absolute atomic E-state index is 11.5. The lowest BCUT2D eigenvalue weighted by Gasteiger charge is -2.09. The van der Waals surface area contributed by atoms with Crippen molar-refractivity contribution in [2.45, 2.75) is 25.3 Å². The molecule has 1 aliphatic rings. The Bertz CT molecular complexity index is 337. The molecule has 2 rings (SSSR count). The van der Waals surface area contributed by atoms with E-state index in [0.717, 1.165) is 12.8 Å². The zero-order valence-electron chi connectivity index (χ0n) is 8.39. The van der Waals surface area contributed by atoms with Crippen molar-refractivity contribution in [3.63, 3.8) is 0 Å². The second kappa shape index (κ2) is 4.35. The quantitative estimate of drug-likeness (QED) is 0.753. The van der Waals surface area contributed by atoms with Gasteiger partial charge in [0.25, 0.3) is 0 Å². The van der Waals surface area contributed by atoms with Gasteiger partial charge in [-0.25, -0.2) is 9.97 Å². The minimum atomic E-state index is -0.0656. The number of rotatable bonds is 4. The lowest BCUT2D eigenvalue weighted by Crippen LogP contribution is -2.28. The van der Waals surface area contributed by atoms with Gasteiger partial charge in [-0.3, -0.25) is 4.79 Å². The molecule has 80 valence electrons.